The highest BCUT2D eigenvalue weighted by atomic mass is 32.2. The summed E-state index contributed by atoms with van der Waals surface area (Å²) >= 11 is 1.26. The molecule has 9 heteroatoms. The molecule has 8 nitrogen and oxygen atoms in total. The molecule has 1 atom stereocenters. The first-order valence-electron chi connectivity index (χ1n) is 9.06. The molecule has 3 aromatic rings. The Morgan fingerprint density at radius 2 is 2.03 bits per heavy atom. The second kappa shape index (κ2) is 8.87. The van der Waals surface area contributed by atoms with Crippen LogP contribution in [0.25, 0.3) is 11.4 Å². The predicted octanol–water partition coefficient (Wildman–Crippen LogP) is 2.53. The molecule has 1 aliphatic rings. The highest BCUT2D eigenvalue weighted by Gasteiger charge is 2.21. The fourth-order valence-corrected chi connectivity index (χ4v) is 3.39. The first kappa shape index (κ1) is 19.1. The predicted molar refractivity (Wildman–Crippen MR) is 108 cm³/mol. The Hall–Kier alpha value is -3.20. The third-order valence-electron chi connectivity index (χ3n) is 4.26. The van der Waals surface area contributed by atoms with Crippen molar-refractivity contribution < 1.29 is 19.0 Å². The van der Waals surface area contributed by atoms with Crippen molar-refractivity contribution in [2.24, 2.45) is 0 Å². The van der Waals surface area contributed by atoms with E-state index in [2.05, 4.69) is 20.5 Å². The van der Waals surface area contributed by atoms with Gasteiger partial charge >= 0.3 is 0 Å². The summed E-state index contributed by atoms with van der Waals surface area (Å²) in [5.74, 6) is 2.93. The number of H-pyrrole nitrogens is 1. The third-order valence-corrected chi connectivity index (χ3v) is 5.10. The molecule has 2 N–H and O–H groups in total. The molecule has 0 unspecified atom stereocenters. The fraction of sp³-hybridized carbons (Fsp3) is 0.250. The highest BCUT2D eigenvalue weighted by molar-refractivity contribution is 7.99. The number of thioether (sulfide) groups is 1. The van der Waals surface area contributed by atoms with Crippen molar-refractivity contribution in [2.75, 3.05) is 26.0 Å². The van der Waals surface area contributed by atoms with E-state index in [-0.39, 0.29) is 17.8 Å². The number of para-hydroxylation sites is 2. The van der Waals surface area contributed by atoms with Crippen LogP contribution in [0, 0.1) is 0 Å². The number of nitrogens with one attached hydrogen (secondary N) is 2. The maximum absolute atomic E-state index is 12.1. The Morgan fingerprint density at radius 1 is 1.24 bits per heavy atom. The second-order valence-corrected chi connectivity index (χ2v) is 7.23. The molecule has 0 radical (unpaired) electrons. The van der Waals surface area contributed by atoms with Gasteiger partial charge in [-0.15, -0.1) is 5.10 Å². The molecule has 4 rings (SSSR count). The van der Waals surface area contributed by atoms with E-state index in [1.54, 1.807) is 7.11 Å². The van der Waals surface area contributed by atoms with E-state index in [9.17, 15) is 4.79 Å². The van der Waals surface area contributed by atoms with Gasteiger partial charge in [-0.2, -0.15) is 0 Å². The van der Waals surface area contributed by atoms with Crippen molar-refractivity contribution >= 4 is 17.7 Å². The number of carbonyl (C=O) groups excluding carboxylic acids is 1. The molecule has 0 spiro atoms. The summed E-state index contributed by atoms with van der Waals surface area (Å²) in [5, 5.41) is 10.4. The van der Waals surface area contributed by atoms with E-state index in [0.717, 1.165) is 17.1 Å². The van der Waals surface area contributed by atoms with E-state index in [4.69, 9.17) is 14.2 Å². The van der Waals surface area contributed by atoms with Gasteiger partial charge in [0.05, 0.1) is 19.4 Å². The van der Waals surface area contributed by atoms with E-state index >= 15 is 0 Å². The molecule has 0 fully saturated rings. The average Bonchev–Trinajstić information content (AvgIpc) is 3.25. The number of rotatable bonds is 7. The van der Waals surface area contributed by atoms with Crippen LogP contribution in [-0.4, -0.2) is 53.2 Å². The Morgan fingerprint density at radius 3 is 2.83 bits per heavy atom. The molecule has 0 bridgehead atoms. The normalized spacial score (nSPS) is 15.0. The van der Waals surface area contributed by atoms with Gasteiger partial charge in [0.1, 0.15) is 18.5 Å². The lowest BCUT2D eigenvalue weighted by Crippen LogP contribution is -2.41. The van der Waals surface area contributed by atoms with Crippen LogP contribution in [0.3, 0.4) is 0 Å². The molecule has 0 aliphatic carbocycles. The number of carbonyl (C=O) groups is 1. The molecule has 29 heavy (non-hydrogen) atoms. The van der Waals surface area contributed by atoms with E-state index < -0.39 is 0 Å². The monoisotopic (exact) mass is 412 g/mol. The number of aromatic nitrogens is 3. The maximum Gasteiger partial charge on any atom is 0.230 e. The summed E-state index contributed by atoms with van der Waals surface area (Å²) in [6.07, 6.45) is -0.218. The van der Waals surface area contributed by atoms with Crippen LogP contribution in [0.4, 0.5) is 0 Å². The summed E-state index contributed by atoms with van der Waals surface area (Å²) in [6.45, 7) is 0.773. The average molecular weight is 412 g/mol. The first-order valence-corrected chi connectivity index (χ1v) is 10.0. The smallest absolute Gasteiger partial charge is 0.230 e. The van der Waals surface area contributed by atoms with Gasteiger partial charge in [-0.1, -0.05) is 23.9 Å². The summed E-state index contributed by atoms with van der Waals surface area (Å²) in [7, 11) is 1.62. The van der Waals surface area contributed by atoms with Crippen molar-refractivity contribution in [2.45, 2.75) is 11.3 Å². The van der Waals surface area contributed by atoms with Crippen LogP contribution in [-0.2, 0) is 4.79 Å². The molecule has 150 valence electrons. The number of ether oxygens (including phenoxy) is 3. The van der Waals surface area contributed by atoms with Crippen LogP contribution >= 0.6 is 11.8 Å². The van der Waals surface area contributed by atoms with Gasteiger partial charge in [-0.05, 0) is 36.4 Å². The van der Waals surface area contributed by atoms with Gasteiger partial charge in [-0.3, -0.25) is 9.89 Å². The molecular formula is C20H20N4O4S. The lowest BCUT2D eigenvalue weighted by molar-refractivity contribution is -0.119. The Labute approximate surface area is 172 Å². The number of nitrogens with zero attached hydrogens (tertiary/aromatic N) is 2. The zero-order chi connectivity index (χ0) is 20.1. The van der Waals surface area contributed by atoms with Gasteiger partial charge in [-0.25, -0.2) is 4.98 Å². The van der Waals surface area contributed by atoms with Gasteiger partial charge in [0.25, 0.3) is 0 Å². The SMILES string of the molecule is COc1ccc(-c2nc(SCC(=O)NC[C@H]3COc4ccccc4O3)n[nH]2)cc1. The molecule has 0 saturated carbocycles. The number of benzene rings is 2. The van der Waals surface area contributed by atoms with Crippen molar-refractivity contribution in [3.05, 3.63) is 48.5 Å². The minimum atomic E-state index is -0.218. The molecule has 0 saturated heterocycles. The number of methoxy groups -OCH3 is 1. The first-order chi connectivity index (χ1) is 14.2. The largest absolute Gasteiger partial charge is 0.497 e. The molecule has 1 aliphatic heterocycles. The quantitative estimate of drug-likeness (QED) is 0.576. The van der Waals surface area contributed by atoms with Gasteiger partial charge in [0.15, 0.2) is 17.3 Å². The van der Waals surface area contributed by atoms with Crippen molar-refractivity contribution in [3.63, 3.8) is 0 Å². The van der Waals surface area contributed by atoms with Gasteiger partial charge in [0.2, 0.25) is 11.1 Å². The Balaban J connectivity index is 1.23. The second-order valence-electron chi connectivity index (χ2n) is 6.29. The minimum Gasteiger partial charge on any atom is -0.497 e. The Bertz CT molecular complexity index is 977. The maximum atomic E-state index is 12.1. The summed E-state index contributed by atoms with van der Waals surface area (Å²) in [4.78, 5) is 16.6. The lowest BCUT2D eigenvalue weighted by Gasteiger charge is -2.26. The zero-order valence-electron chi connectivity index (χ0n) is 15.8. The van der Waals surface area contributed by atoms with Gasteiger partial charge < -0.3 is 19.5 Å². The summed E-state index contributed by atoms with van der Waals surface area (Å²) < 4.78 is 16.6. The molecule has 1 amide bonds. The number of amides is 1. The van der Waals surface area contributed by atoms with E-state index in [1.807, 2.05) is 48.5 Å². The number of hydrogen-bond acceptors (Lipinski definition) is 7. The van der Waals surface area contributed by atoms with Crippen LogP contribution in [0.1, 0.15) is 0 Å². The molecule has 1 aromatic heterocycles. The van der Waals surface area contributed by atoms with Crippen molar-refractivity contribution in [3.8, 4) is 28.6 Å². The minimum absolute atomic E-state index is 0.117. The number of aromatic amines is 1. The fourth-order valence-electron chi connectivity index (χ4n) is 2.76. The van der Waals surface area contributed by atoms with Crippen molar-refractivity contribution in [1.29, 1.82) is 0 Å². The summed E-state index contributed by atoms with van der Waals surface area (Å²) in [5.41, 5.74) is 0.893. The topological polar surface area (TPSA) is 98.4 Å². The number of hydrogen-bond donors (Lipinski definition) is 2. The van der Waals surface area contributed by atoms with Crippen molar-refractivity contribution in [1.82, 2.24) is 20.5 Å². The van der Waals surface area contributed by atoms with Gasteiger partial charge in [0, 0.05) is 5.56 Å². The van der Waals surface area contributed by atoms with Crippen LogP contribution in [0.5, 0.6) is 17.2 Å². The standard InChI is InChI=1S/C20H20N4O4S/c1-26-14-8-6-13(7-9-14)19-22-20(24-23-19)29-12-18(25)21-10-15-11-27-16-4-2-3-5-17(16)28-15/h2-9,15H,10-12H2,1H3,(H,21,25)(H,22,23,24)/t15-/m0/s1. The van der Waals surface area contributed by atoms with Crippen LogP contribution in [0.2, 0.25) is 0 Å². The van der Waals surface area contributed by atoms with Crippen LogP contribution in [0.15, 0.2) is 53.7 Å². The Kier molecular flexibility index (Phi) is 5.85. The lowest BCUT2D eigenvalue weighted by atomic mass is 10.2. The third kappa shape index (κ3) is 4.80. The van der Waals surface area contributed by atoms with E-state index in [1.165, 1.54) is 11.8 Å². The molecule has 2 heterocycles. The molecule has 2 aromatic carbocycles. The highest BCUT2D eigenvalue weighted by Crippen LogP contribution is 2.30. The van der Waals surface area contributed by atoms with Crippen LogP contribution < -0.4 is 19.5 Å². The zero-order valence-corrected chi connectivity index (χ0v) is 16.6. The van der Waals surface area contributed by atoms with E-state index in [0.29, 0.717) is 29.9 Å². The summed E-state index contributed by atoms with van der Waals surface area (Å²) in [6, 6.07) is 15.0. The number of fused-ring (bicyclic) bond motifs is 1. The molecular weight excluding hydrogens is 392 g/mol.